The van der Waals surface area contributed by atoms with Gasteiger partial charge in [0.1, 0.15) is 5.75 Å². The quantitative estimate of drug-likeness (QED) is 0.682. The molecule has 0 spiro atoms. The number of sulfonamides is 1. The normalized spacial score (nSPS) is 11.0. The molecule has 6 nitrogen and oxygen atoms in total. The molecule has 2 aromatic rings. The first kappa shape index (κ1) is 20.5. The largest absolute Gasteiger partial charge is 0.491 e. The lowest BCUT2D eigenvalue weighted by molar-refractivity contribution is 0.0950. The van der Waals surface area contributed by atoms with Gasteiger partial charge in [-0.05, 0) is 44.2 Å². The summed E-state index contributed by atoms with van der Waals surface area (Å²) < 4.78 is 32.0. The molecule has 0 fully saturated rings. The van der Waals surface area contributed by atoms with E-state index in [0.717, 1.165) is 5.56 Å². The van der Waals surface area contributed by atoms with Crippen molar-refractivity contribution in [3.63, 3.8) is 0 Å². The Balaban J connectivity index is 2.04. The van der Waals surface area contributed by atoms with E-state index >= 15 is 0 Å². The van der Waals surface area contributed by atoms with Gasteiger partial charge in [-0.15, -0.1) is 6.42 Å². The van der Waals surface area contributed by atoms with E-state index in [0.29, 0.717) is 17.9 Å². The maximum atomic E-state index is 12.3. The van der Waals surface area contributed by atoms with Crippen LogP contribution in [0.15, 0.2) is 53.4 Å². The number of terminal acetylenes is 1. The molecular weight excluding hydrogens is 364 g/mol. The maximum absolute atomic E-state index is 12.3. The van der Waals surface area contributed by atoms with Crippen LogP contribution in [-0.4, -0.2) is 27.0 Å². The van der Waals surface area contributed by atoms with Crippen molar-refractivity contribution in [1.29, 1.82) is 0 Å². The Kier molecular flexibility index (Phi) is 6.99. The average molecular weight is 386 g/mol. The van der Waals surface area contributed by atoms with Gasteiger partial charge < -0.3 is 10.1 Å². The van der Waals surface area contributed by atoms with Gasteiger partial charge in [-0.25, -0.2) is 8.42 Å². The highest BCUT2D eigenvalue weighted by Gasteiger charge is 2.14. The minimum Gasteiger partial charge on any atom is -0.491 e. The van der Waals surface area contributed by atoms with Gasteiger partial charge >= 0.3 is 0 Å². The number of amides is 1. The Hall–Kier alpha value is -2.82. The fraction of sp³-hybridized carbons (Fsp3) is 0.250. The first-order chi connectivity index (χ1) is 12.8. The molecule has 0 heterocycles. The highest BCUT2D eigenvalue weighted by molar-refractivity contribution is 7.89. The van der Waals surface area contributed by atoms with Crippen LogP contribution in [0.2, 0.25) is 0 Å². The van der Waals surface area contributed by atoms with Crippen LogP contribution in [0, 0.1) is 12.3 Å². The highest BCUT2D eigenvalue weighted by atomic mass is 32.2. The second-order valence-electron chi connectivity index (χ2n) is 6.01. The van der Waals surface area contributed by atoms with Gasteiger partial charge in [0.25, 0.3) is 5.91 Å². The lowest BCUT2D eigenvalue weighted by Gasteiger charge is -2.14. The van der Waals surface area contributed by atoms with Crippen molar-refractivity contribution in [2.75, 3.05) is 6.54 Å². The number of hydrogen-bond acceptors (Lipinski definition) is 4. The minimum absolute atomic E-state index is 0.0272. The van der Waals surface area contributed by atoms with Crippen molar-refractivity contribution in [3.05, 3.63) is 59.7 Å². The third-order valence-corrected chi connectivity index (χ3v) is 4.98. The Morgan fingerprint density at radius 1 is 1.15 bits per heavy atom. The molecule has 2 N–H and O–H groups in total. The molecule has 0 aliphatic heterocycles. The zero-order chi connectivity index (χ0) is 19.9. The van der Waals surface area contributed by atoms with Crippen LogP contribution in [0.4, 0.5) is 0 Å². The average Bonchev–Trinajstić information content (AvgIpc) is 2.65. The number of benzene rings is 2. The third-order valence-electron chi connectivity index (χ3n) is 3.57. The Labute approximate surface area is 160 Å². The number of carbonyl (C=O) groups is 1. The molecule has 0 unspecified atom stereocenters. The monoisotopic (exact) mass is 386 g/mol. The summed E-state index contributed by atoms with van der Waals surface area (Å²) in [5.74, 6) is 2.61. The lowest BCUT2D eigenvalue weighted by Crippen LogP contribution is -2.25. The summed E-state index contributed by atoms with van der Waals surface area (Å²) >= 11 is 0. The maximum Gasteiger partial charge on any atom is 0.251 e. The minimum atomic E-state index is -3.68. The smallest absolute Gasteiger partial charge is 0.251 e. The van der Waals surface area contributed by atoms with Crippen molar-refractivity contribution in [2.45, 2.75) is 31.4 Å². The molecule has 27 heavy (non-hydrogen) atoms. The fourth-order valence-electron chi connectivity index (χ4n) is 2.30. The first-order valence-electron chi connectivity index (χ1n) is 8.39. The molecule has 0 aliphatic carbocycles. The van der Waals surface area contributed by atoms with E-state index in [1.807, 2.05) is 38.1 Å². The van der Waals surface area contributed by atoms with Crippen molar-refractivity contribution in [3.8, 4) is 18.1 Å². The second-order valence-corrected chi connectivity index (χ2v) is 7.78. The Morgan fingerprint density at radius 3 is 2.44 bits per heavy atom. The standard InChI is InChI=1S/C20H22N2O4S/c1-4-13-22-27(24,25)18-11-9-16(10-12-18)20(23)21-14-17-7-5-6-8-19(17)26-15(2)3/h1,5-12,15,22H,13-14H2,2-3H3,(H,21,23). The predicted octanol–water partition coefficient (Wildman–Crippen LogP) is 2.32. The van der Waals surface area contributed by atoms with Crippen molar-refractivity contribution >= 4 is 15.9 Å². The van der Waals surface area contributed by atoms with Crippen LogP contribution in [0.1, 0.15) is 29.8 Å². The number of nitrogens with one attached hydrogen (secondary N) is 2. The van der Waals surface area contributed by atoms with Gasteiger partial charge in [-0.1, -0.05) is 24.1 Å². The van der Waals surface area contributed by atoms with Gasteiger partial charge in [0.15, 0.2) is 0 Å². The summed E-state index contributed by atoms with van der Waals surface area (Å²) in [5.41, 5.74) is 1.21. The van der Waals surface area contributed by atoms with Crippen molar-refractivity contribution in [2.24, 2.45) is 0 Å². The molecule has 7 heteroatoms. The summed E-state index contributed by atoms with van der Waals surface area (Å²) in [6.07, 6.45) is 5.08. The second kappa shape index (κ2) is 9.21. The lowest BCUT2D eigenvalue weighted by atomic mass is 10.1. The summed E-state index contributed by atoms with van der Waals surface area (Å²) in [4.78, 5) is 12.4. The zero-order valence-corrected chi connectivity index (χ0v) is 16.0. The van der Waals surface area contributed by atoms with E-state index in [4.69, 9.17) is 11.2 Å². The molecule has 142 valence electrons. The molecule has 0 aromatic heterocycles. The summed E-state index contributed by atoms with van der Waals surface area (Å²) in [7, 11) is -3.68. The Bertz CT molecular complexity index is 929. The number of ether oxygens (including phenoxy) is 1. The van der Waals surface area contributed by atoms with Crippen LogP contribution in [0.5, 0.6) is 5.75 Å². The van der Waals surface area contributed by atoms with Crippen LogP contribution in [-0.2, 0) is 16.6 Å². The van der Waals surface area contributed by atoms with Crippen molar-refractivity contribution < 1.29 is 17.9 Å². The molecule has 2 rings (SSSR count). The highest BCUT2D eigenvalue weighted by Crippen LogP contribution is 2.19. The van der Waals surface area contributed by atoms with E-state index in [1.165, 1.54) is 24.3 Å². The van der Waals surface area contributed by atoms with Gasteiger partial charge in [-0.2, -0.15) is 4.72 Å². The van der Waals surface area contributed by atoms with E-state index in [-0.39, 0.29) is 23.5 Å². The molecule has 0 bridgehead atoms. The van der Waals surface area contributed by atoms with Gasteiger partial charge in [0.05, 0.1) is 17.5 Å². The molecule has 0 saturated heterocycles. The number of rotatable bonds is 8. The van der Waals surface area contributed by atoms with E-state index in [9.17, 15) is 13.2 Å². The molecule has 2 aromatic carbocycles. The van der Waals surface area contributed by atoms with E-state index in [1.54, 1.807) is 0 Å². The number of carbonyl (C=O) groups excluding carboxylic acids is 1. The van der Waals surface area contributed by atoms with Crippen LogP contribution < -0.4 is 14.8 Å². The van der Waals surface area contributed by atoms with Crippen molar-refractivity contribution in [1.82, 2.24) is 10.0 Å². The predicted molar refractivity (Wildman–Crippen MR) is 104 cm³/mol. The molecule has 1 amide bonds. The van der Waals surface area contributed by atoms with Gasteiger partial charge in [0, 0.05) is 17.7 Å². The first-order valence-corrected chi connectivity index (χ1v) is 9.88. The van der Waals surface area contributed by atoms with E-state index < -0.39 is 10.0 Å². The van der Waals surface area contributed by atoms with Crippen LogP contribution in [0.25, 0.3) is 0 Å². The third kappa shape index (κ3) is 5.84. The zero-order valence-electron chi connectivity index (χ0n) is 15.2. The molecule has 0 atom stereocenters. The van der Waals surface area contributed by atoms with E-state index in [2.05, 4.69) is 16.0 Å². The molecule has 0 saturated carbocycles. The fourth-order valence-corrected chi connectivity index (χ4v) is 3.24. The molecular formula is C20H22N2O4S. The Morgan fingerprint density at radius 2 is 1.81 bits per heavy atom. The summed E-state index contributed by atoms with van der Waals surface area (Å²) in [6, 6.07) is 13.1. The number of hydrogen-bond donors (Lipinski definition) is 2. The SMILES string of the molecule is C#CCNS(=O)(=O)c1ccc(C(=O)NCc2ccccc2OC(C)C)cc1. The summed E-state index contributed by atoms with van der Waals surface area (Å²) in [6.45, 7) is 4.07. The molecule has 0 radical (unpaired) electrons. The molecule has 0 aliphatic rings. The van der Waals surface area contributed by atoms with Gasteiger partial charge in [-0.3, -0.25) is 4.79 Å². The van der Waals surface area contributed by atoms with Crippen LogP contribution >= 0.6 is 0 Å². The van der Waals surface area contributed by atoms with Crippen LogP contribution in [0.3, 0.4) is 0 Å². The summed E-state index contributed by atoms with van der Waals surface area (Å²) in [5, 5.41) is 2.81. The van der Waals surface area contributed by atoms with Gasteiger partial charge in [0.2, 0.25) is 10.0 Å². The topological polar surface area (TPSA) is 84.5 Å². The number of para-hydroxylation sites is 1.